The van der Waals surface area contributed by atoms with Gasteiger partial charge < -0.3 is 10.2 Å². The molecule has 5 nitrogen and oxygen atoms in total. The summed E-state index contributed by atoms with van der Waals surface area (Å²) in [5, 5.41) is 7.48. The largest absolute Gasteiger partial charge is 0.326 e. The van der Waals surface area contributed by atoms with E-state index < -0.39 is 0 Å². The van der Waals surface area contributed by atoms with Crippen LogP contribution in [0.4, 0.5) is 5.82 Å². The van der Waals surface area contributed by atoms with Gasteiger partial charge in [0.1, 0.15) is 12.4 Å². The summed E-state index contributed by atoms with van der Waals surface area (Å²) in [5.74, 6) is 0.868. The SMILES string of the molecule is C[NH+](CC(=O)Nc1ccnn1C1CCCC1)Cc1ccc(C(C)(C)C)cc1. The number of likely N-dealkylation sites (N-methyl/N-ethyl adjacent to an activating group) is 1. The summed E-state index contributed by atoms with van der Waals surface area (Å²) < 4.78 is 1.99. The molecule has 0 saturated heterocycles. The van der Waals surface area contributed by atoms with Crippen molar-refractivity contribution in [3.05, 3.63) is 47.7 Å². The molecular formula is C22H33N4O+. The number of hydrogen-bond acceptors (Lipinski definition) is 2. The molecule has 2 aromatic rings. The van der Waals surface area contributed by atoms with E-state index in [9.17, 15) is 4.79 Å². The van der Waals surface area contributed by atoms with Crippen molar-refractivity contribution in [1.29, 1.82) is 0 Å². The predicted octanol–water partition coefficient (Wildman–Crippen LogP) is 2.95. The Kier molecular flexibility index (Phi) is 6.00. The van der Waals surface area contributed by atoms with Crippen LogP contribution >= 0.6 is 0 Å². The topological polar surface area (TPSA) is 51.4 Å². The smallest absolute Gasteiger partial charge is 0.280 e. The second-order valence-corrected chi connectivity index (χ2v) is 8.91. The highest BCUT2D eigenvalue weighted by Crippen LogP contribution is 2.31. The van der Waals surface area contributed by atoms with Crippen LogP contribution in [0.25, 0.3) is 0 Å². The third-order valence-corrected chi connectivity index (χ3v) is 5.40. The minimum Gasteiger partial charge on any atom is -0.326 e. The third-order valence-electron chi connectivity index (χ3n) is 5.40. The minimum absolute atomic E-state index is 0.0403. The molecule has 1 saturated carbocycles. The van der Waals surface area contributed by atoms with Gasteiger partial charge in [-0.3, -0.25) is 4.79 Å². The molecule has 0 aliphatic heterocycles. The van der Waals surface area contributed by atoms with Crippen molar-refractivity contribution < 1.29 is 9.69 Å². The number of rotatable bonds is 6. The molecule has 3 rings (SSSR count). The van der Waals surface area contributed by atoms with Gasteiger partial charge in [0.15, 0.2) is 6.54 Å². The summed E-state index contributed by atoms with van der Waals surface area (Å²) in [5.41, 5.74) is 2.76. The van der Waals surface area contributed by atoms with Crippen molar-refractivity contribution in [2.45, 2.75) is 64.5 Å². The number of benzene rings is 1. The Morgan fingerprint density at radius 1 is 1.19 bits per heavy atom. The molecule has 1 aliphatic carbocycles. The second-order valence-electron chi connectivity index (χ2n) is 8.91. The Hall–Kier alpha value is -2.14. The van der Waals surface area contributed by atoms with Gasteiger partial charge in [-0.2, -0.15) is 5.10 Å². The summed E-state index contributed by atoms with van der Waals surface area (Å²) in [4.78, 5) is 13.7. The maximum atomic E-state index is 12.5. The number of hydrogen-bond donors (Lipinski definition) is 2. The zero-order valence-corrected chi connectivity index (χ0v) is 17.1. The molecule has 1 atom stereocenters. The first-order valence-corrected chi connectivity index (χ1v) is 10.1. The minimum atomic E-state index is 0.0403. The molecule has 146 valence electrons. The van der Waals surface area contributed by atoms with E-state index >= 15 is 0 Å². The molecule has 5 heteroatoms. The number of amides is 1. The van der Waals surface area contributed by atoms with E-state index in [0.717, 1.165) is 25.2 Å². The van der Waals surface area contributed by atoms with Crippen molar-refractivity contribution in [3.63, 3.8) is 0 Å². The number of quaternary nitrogens is 1. The number of aromatic nitrogens is 2. The summed E-state index contributed by atoms with van der Waals surface area (Å²) in [7, 11) is 2.06. The maximum Gasteiger partial charge on any atom is 0.280 e. The normalized spacial score (nSPS) is 16.4. The number of anilines is 1. The fourth-order valence-electron chi connectivity index (χ4n) is 3.85. The van der Waals surface area contributed by atoms with Gasteiger partial charge in [-0.1, -0.05) is 57.9 Å². The van der Waals surface area contributed by atoms with Crippen LogP contribution in [-0.4, -0.2) is 29.3 Å². The van der Waals surface area contributed by atoms with Crippen LogP contribution < -0.4 is 10.2 Å². The van der Waals surface area contributed by atoms with Crippen LogP contribution in [0, 0.1) is 0 Å². The van der Waals surface area contributed by atoms with Gasteiger partial charge in [0, 0.05) is 11.6 Å². The second kappa shape index (κ2) is 8.26. The molecular weight excluding hydrogens is 336 g/mol. The molecule has 2 N–H and O–H groups in total. The zero-order valence-electron chi connectivity index (χ0n) is 17.1. The fourth-order valence-corrected chi connectivity index (χ4v) is 3.85. The average Bonchev–Trinajstić information content (AvgIpc) is 3.25. The Morgan fingerprint density at radius 3 is 2.48 bits per heavy atom. The molecule has 1 heterocycles. The molecule has 1 amide bonds. The fraction of sp³-hybridized carbons (Fsp3) is 0.545. The van der Waals surface area contributed by atoms with E-state index in [1.165, 1.54) is 28.9 Å². The average molecular weight is 370 g/mol. The van der Waals surface area contributed by atoms with E-state index in [0.29, 0.717) is 12.6 Å². The van der Waals surface area contributed by atoms with Crippen LogP contribution in [0.1, 0.15) is 63.6 Å². The molecule has 1 unspecified atom stereocenters. The summed E-state index contributed by atoms with van der Waals surface area (Å²) in [6.45, 7) is 7.94. The van der Waals surface area contributed by atoms with Crippen LogP contribution in [0.2, 0.25) is 0 Å². The maximum absolute atomic E-state index is 12.5. The van der Waals surface area contributed by atoms with Crippen molar-refractivity contribution in [2.75, 3.05) is 18.9 Å². The van der Waals surface area contributed by atoms with Crippen molar-refractivity contribution in [3.8, 4) is 0 Å². The summed E-state index contributed by atoms with van der Waals surface area (Å²) in [6.07, 6.45) is 6.58. The van der Waals surface area contributed by atoms with E-state index in [2.05, 4.69) is 62.5 Å². The summed E-state index contributed by atoms with van der Waals surface area (Å²) >= 11 is 0. The molecule has 1 aliphatic rings. The Labute approximate surface area is 162 Å². The molecule has 0 bridgehead atoms. The molecule has 1 fully saturated rings. The lowest BCUT2D eigenvalue weighted by atomic mass is 9.87. The highest BCUT2D eigenvalue weighted by atomic mass is 16.2. The molecule has 1 aromatic heterocycles. The molecule has 27 heavy (non-hydrogen) atoms. The van der Waals surface area contributed by atoms with Crippen molar-refractivity contribution in [1.82, 2.24) is 9.78 Å². The quantitative estimate of drug-likeness (QED) is 0.823. The number of carbonyl (C=O) groups excluding carboxylic acids is 1. The summed E-state index contributed by atoms with van der Waals surface area (Å²) in [6, 6.07) is 11.1. The highest BCUT2D eigenvalue weighted by molar-refractivity contribution is 5.90. The Balaban J connectivity index is 1.53. The molecule has 0 spiro atoms. The van der Waals surface area contributed by atoms with Crippen molar-refractivity contribution in [2.24, 2.45) is 0 Å². The van der Waals surface area contributed by atoms with Gasteiger partial charge in [0.05, 0.1) is 19.3 Å². The third kappa shape index (κ3) is 5.19. The predicted molar refractivity (Wildman–Crippen MR) is 109 cm³/mol. The first-order valence-electron chi connectivity index (χ1n) is 10.1. The number of nitrogens with one attached hydrogen (secondary N) is 2. The van der Waals surface area contributed by atoms with Crippen LogP contribution in [0.5, 0.6) is 0 Å². The lowest BCUT2D eigenvalue weighted by molar-refractivity contribution is -0.885. The van der Waals surface area contributed by atoms with E-state index in [1.54, 1.807) is 6.20 Å². The van der Waals surface area contributed by atoms with Gasteiger partial charge in [0.25, 0.3) is 5.91 Å². The standard InChI is InChI=1S/C22H32N4O/c1-22(2,3)18-11-9-17(10-12-18)15-25(4)16-21(27)24-20-13-14-23-26(20)19-7-5-6-8-19/h9-14,19H,5-8,15-16H2,1-4H3,(H,24,27)/p+1. The number of carbonyl (C=O) groups is 1. The lowest BCUT2D eigenvalue weighted by Gasteiger charge is -2.20. The Morgan fingerprint density at radius 2 is 1.85 bits per heavy atom. The monoisotopic (exact) mass is 369 g/mol. The van der Waals surface area contributed by atoms with E-state index in [4.69, 9.17) is 0 Å². The lowest BCUT2D eigenvalue weighted by Crippen LogP contribution is -3.08. The van der Waals surface area contributed by atoms with Gasteiger partial charge in [-0.05, 0) is 23.8 Å². The Bertz CT molecular complexity index is 751. The first kappa shape index (κ1) is 19.6. The van der Waals surface area contributed by atoms with E-state index in [1.807, 2.05) is 10.7 Å². The van der Waals surface area contributed by atoms with Crippen LogP contribution in [0.15, 0.2) is 36.5 Å². The first-order chi connectivity index (χ1) is 12.8. The highest BCUT2D eigenvalue weighted by Gasteiger charge is 2.21. The van der Waals surface area contributed by atoms with E-state index in [-0.39, 0.29) is 11.3 Å². The van der Waals surface area contributed by atoms with Gasteiger partial charge in [0.2, 0.25) is 0 Å². The zero-order chi connectivity index (χ0) is 19.4. The van der Waals surface area contributed by atoms with Gasteiger partial charge in [-0.25, -0.2) is 4.68 Å². The van der Waals surface area contributed by atoms with Gasteiger partial charge in [-0.15, -0.1) is 0 Å². The molecule has 1 aromatic carbocycles. The molecule has 0 radical (unpaired) electrons. The van der Waals surface area contributed by atoms with Gasteiger partial charge >= 0.3 is 0 Å². The van der Waals surface area contributed by atoms with Crippen LogP contribution in [-0.2, 0) is 16.8 Å². The van der Waals surface area contributed by atoms with Crippen LogP contribution in [0.3, 0.4) is 0 Å². The number of nitrogens with zero attached hydrogens (tertiary/aromatic N) is 2. The van der Waals surface area contributed by atoms with Crippen molar-refractivity contribution >= 4 is 11.7 Å².